The number of rotatable bonds is 1. The van der Waals surface area contributed by atoms with E-state index in [0.29, 0.717) is 11.8 Å². The second-order valence-electron chi connectivity index (χ2n) is 2.96. The van der Waals surface area contributed by atoms with Crippen LogP contribution in [0.25, 0.3) is 0 Å². The van der Waals surface area contributed by atoms with Crippen LogP contribution in [-0.2, 0) is 4.74 Å². The molecule has 0 aliphatic carbocycles. The number of amides is 1. The maximum absolute atomic E-state index is 10.7. The van der Waals surface area contributed by atoms with Gasteiger partial charge in [-0.2, -0.15) is 16.8 Å². The molecule has 0 bridgehead atoms. The van der Waals surface area contributed by atoms with Gasteiger partial charge in [0.25, 0.3) is 0 Å². The minimum absolute atomic E-state index is 0.243. The summed E-state index contributed by atoms with van der Waals surface area (Å²) < 4.78 is 4.98. The number of aliphatic imine (C=N–C) groups is 1. The number of carbonyl (C=O) groups is 1. The van der Waals surface area contributed by atoms with E-state index in [1.807, 2.05) is 11.8 Å². The zero-order valence-corrected chi connectivity index (χ0v) is 7.34. The molecule has 0 aromatic heterocycles. The van der Waals surface area contributed by atoms with Crippen molar-refractivity contribution < 1.29 is 9.53 Å². The fraction of sp³-hybridized carbons (Fsp3) is 0.714. The predicted octanol–water partition coefficient (Wildman–Crippen LogP) is 0.615. The van der Waals surface area contributed by atoms with Crippen LogP contribution in [0.3, 0.4) is 0 Å². The average Bonchev–Trinajstić information content (AvgIpc) is 2.58. The SMILES string of the molecule is NC1=NC(=O)OC1C1CCSC1. The maximum atomic E-state index is 10.7. The third-order valence-corrected chi connectivity index (χ3v) is 3.32. The molecule has 2 aliphatic rings. The molecular formula is C7H10N2O2S. The van der Waals surface area contributed by atoms with E-state index in [2.05, 4.69) is 4.99 Å². The summed E-state index contributed by atoms with van der Waals surface area (Å²) in [4.78, 5) is 14.3. The highest BCUT2D eigenvalue weighted by Crippen LogP contribution is 2.29. The highest BCUT2D eigenvalue weighted by atomic mass is 32.2. The van der Waals surface area contributed by atoms with Crippen LogP contribution in [0.4, 0.5) is 4.79 Å². The fourth-order valence-electron chi connectivity index (χ4n) is 1.49. The Morgan fingerprint density at radius 1 is 1.67 bits per heavy atom. The molecule has 2 aliphatic heterocycles. The normalized spacial score (nSPS) is 35.0. The molecule has 1 saturated heterocycles. The summed E-state index contributed by atoms with van der Waals surface area (Å²) in [5.74, 6) is 2.89. The number of nitrogens with zero attached hydrogens (tertiary/aromatic N) is 1. The molecule has 1 amide bonds. The van der Waals surface area contributed by atoms with Gasteiger partial charge in [-0.3, -0.25) is 0 Å². The van der Waals surface area contributed by atoms with Crippen molar-refractivity contribution in [1.82, 2.24) is 0 Å². The monoisotopic (exact) mass is 186 g/mol. The van der Waals surface area contributed by atoms with Crippen molar-refractivity contribution in [3.63, 3.8) is 0 Å². The predicted molar refractivity (Wildman–Crippen MR) is 47.3 cm³/mol. The Balaban J connectivity index is 2.05. The lowest BCUT2D eigenvalue weighted by atomic mass is 10.0. The zero-order valence-electron chi connectivity index (χ0n) is 6.53. The number of hydrogen-bond donors (Lipinski definition) is 1. The summed E-state index contributed by atoms with van der Waals surface area (Å²) in [5, 5.41) is 0. The van der Waals surface area contributed by atoms with Crippen LogP contribution in [0.1, 0.15) is 6.42 Å². The van der Waals surface area contributed by atoms with Crippen LogP contribution in [0.2, 0.25) is 0 Å². The van der Waals surface area contributed by atoms with Gasteiger partial charge in [0.15, 0.2) is 6.10 Å². The molecule has 0 aromatic carbocycles. The van der Waals surface area contributed by atoms with E-state index in [-0.39, 0.29) is 6.10 Å². The summed E-state index contributed by atoms with van der Waals surface area (Å²) in [6.45, 7) is 0. The molecule has 2 heterocycles. The van der Waals surface area contributed by atoms with Crippen LogP contribution in [0, 0.1) is 5.92 Å². The summed E-state index contributed by atoms with van der Waals surface area (Å²) in [7, 11) is 0. The number of cyclic esters (lactones) is 1. The third-order valence-electron chi connectivity index (χ3n) is 2.13. The second kappa shape index (κ2) is 2.97. The highest BCUT2D eigenvalue weighted by molar-refractivity contribution is 7.99. The average molecular weight is 186 g/mol. The van der Waals surface area contributed by atoms with E-state index in [1.54, 1.807) is 0 Å². The fourth-order valence-corrected chi connectivity index (χ4v) is 2.77. The summed E-state index contributed by atoms with van der Waals surface area (Å²) in [6, 6.07) is 0. The van der Waals surface area contributed by atoms with Crippen molar-refractivity contribution in [2.24, 2.45) is 16.6 Å². The first kappa shape index (κ1) is 7.91. The van der Waals surface area contributed by atoms with Gasteiger partial charge in [0.2, 0.25) is 0 Å². The lowest BCUT2D eigenvalue weighted by Crippen LogP contribution is -2.33. The van der Waals surface area contributed by atoms with Crippen molar-refractivity contribution >= 4 is 23.7 Å². The first-order valence-electron chi connectivity index (χ1n) is 3.90. The number of hydrogen-bond acceptors (Lipinski definition) is 4. The van der Waals surface area contributed by atoms with Gasteiger partial charge in [-0.25, -0.2) is 4.79 Å². The van der Waals surface area contributed by atoms with Gasteiger partial charge in [-0.05, 0) is 12.2 Å². The van der Waals surface area contributed by atoms with Gasteiger partial charge < -0.3 is 10.5 Å². The summed E-state index contributed by atoms with van der Waals surface area (Å²) in [6.07, 6.45) is 0.292. The Bertz CT molecular complexity index is 236. The van der Waals surface area contributed by atoms with Gasteiger partial charge >= 0.3 is 6.09 Å². The Kier molecular flexibility index (Phi) is 1.96. The van der Waals surface area contributed by atoms with Crippen molar-refractivity contribution in [3.8, 4) is 0 Å². The van der Waals surface area contributed by atoms with E-state index in [0.717, 1.165) is 17.9 Å². The number of thioether (sulfide) groups is 1. The molecule has 66 valence electrons. The molecule has 0 aromatic rings. The Hall–Kier alpha value is -0.710. The maximum Gasteiger partial charge on any atom is 0.436 e. The summed E-state index contributed by atoms with van der Waals surface area (Å²) in [5.41, 5.74) is 5.54. The molecule has 0 spiro atoms. The molecule has 1 fully saturated rings. The van der Waals surface area contributed by atoms with Gasteiger partial charge in [0.05, 0.1) is 0 Å². The third kappa shape index (κ3) is 1.29. The molecule has 2 rings (SSSR count). The van der Waals surface area contributed by atoms with Gasteiger partial charge in [0, 0.05) is 11.7 Å². The number of nitrogens with two attached hydrogens (primary N) is 1. The van der Waals surface area contributed by atoms with Crippen LogP contribution in [0.5, 0.6) is 0 Å². The van der Waals surface area contributed by atoms with Crippen molar-refractivity contribution in [3.05, 3.63) is 0 Å². The number of carbonyl (C=O) groups excluding carboxylic acids is 1. The molecule has 5 heteroatoms. The zero-order chi connectivity index (χ0) is 8.55. The topological polar surface area (TPSA) is 64.7 Å². The Morgan fingerprint density at radius 2 is 2.50 bits per heavy atom. The van der Waals surface area contributed by atoms with Crippen LogP contribution < -0.4 is 5.73 Å². The Labute approximate surface area is 74.6 Å². The Morgan fingerprint density at radius 3 is 3.00 bits per heavy atom. The lowest BCUT2D eigenvalue weighted by Gasteiger charge is -2.15. The first-order valence-corrected chi connectivity index (χ1v) is 5.05. The lowest BCUT2D eigenvalue weighted by molar-refractivity contribution is 0.125. The van der Waals surface area contributed by atoms with Gasteiger partial charge in [0.1, 0.15) is 5.84 Å². The second-order valence-corrected chi connectivity index (χ2v) is 4.11. The molecule has 2 unspecified atom stereocenters. The molecule has 4 nitrogen and oxygen atoms in total. The quantitative estimate of drug-likeness (QED) is 0.651. The van der Waals surface area contributed by atoms with E-state index >= 15 is 0 Å². The number of amidine groups is 1. The van der Waals surface area contributed by atoms with E-state index in [9.17, 15) is 4.79 Å². The van der Waals surface area contributed by atoms with Crippen molar-refractivity contribution in [2.45, 2.75) is 12.5 Å². The largest absolute Gasteiger partial charge is 0.436 e. The van der Waals surface area contributed by atoms with Crippen molar-refractivity contribution in [1.29, 1.82) is 0 Å². The first-order chi connectivity index (χ1) is 5.77. The minimum Gasteiger partial charge on any atom is -0.436 e. The van der Waals surface area contributed by atoms with E-state index in [1.165, 1.54) is 0 Å². The summed E-state index contributed by atoms with van der Waals surface area (Å²) >= 11 is 1.87. The molecule has 2 atom stereocenters. The molecule has 0 radical (unpaired) electrons. The van der Waals surface area contributed by atoms with E-state index < -0.39 is 6.09 Å². The molecule has 12 heavy (non-hydrogen) atoms. The van der Waals surface area contributed by atoms with E-state index in [4.69, 9.17) is 10.5 Å². The molecule has 2 N–H and O–H groups in total. The van der Waals surface area contributed by atoms with Crippen molar-refractivity contribution in [2.75, 3.05) is 11.5 Å². The van der Waals surface area contributed by atoms with Crippen LogP contribution in [0.15, 0.2) is 4.99 Å². The van der Waals surface area contributed by atoms with Crippen LogP contribution >= 0.6 is 11.8 Å². The highest BCUT2D eigenvalue weighted by Gasteiger charge is 2.35. The number of ether oxygens (including phenoxy) is 1. The standard InChI is InChI=1S/C7H10N2O2S/c8-6-5(11-7(10)9-6)4-1-2-12-3-4/h4-5H,1-3H2,(H2,8,9,10). The van der Waals surface area contributed by atoms with Gasteiger partial charge in [-0.15, -0.1) is 0 Å². The minimum atomic E-state index is -0.533. The van der Waals surface area contributed by atoms with Gasteiger partial charge in [-0.1, -0.05) is 0 Å². The van der Waals surface area contributed by atoms with Crippen LogP contribution in [-0.4, -0.2) is 29.5 Å². The smallest absolute Gasteiger partial charge is 0.436 e. The molecule has 0 saturated carbocycles. The molecular weight excluding hydrogens is 176 g/mol.